The number of hydrogen-bond donors (Lipinski definition) is 3. The van der Waals surface area contributed by atoms with Crippen molar-refractivity contribution in [3.05, 3.63) is 59.2 Å². The number of rotatable bonds is 7. The van der Waals surface area contributed by atoms with Gasteiger partial charge in [-0.1, -0.05) is 52.0 Å². The van der Waals surface area contributed by atoms with E-state index in [2.05, 4.69) is 29.8 Å². The highest BCUT2D eigenvalue weighted by molar-refractivity contribution is 6.01. The lowest BCUT2D eigenvalue weighted by Gasteiger charge is -2.32. The highest BCUT2D eigenvalue weighted by Crippen LogP contribution is 2.27. The first-order valence-corrected chi connectivity index (χ1v) is 15.2. The number of benzene rings is 2. The third-order valence-corrected chi connectivity index (χ3v) is 7.93. The minimum absolute atomic E-state index is 0.165. The van der Waals surface area contributed by atoms with Crippen molar-refractivity contribution in [2.75, 3.05) is 26.3 Å². The van der Waals surface area contributed by atoms with Crippen LogP contribution in [-0.2, 0) is 14.4 Å². The second-order valence-corrected chi connectivity index (χ2v) is 12.0. The molecular formula is C33H44N4O6. The second-order valence-electron chi connectivity index (χ2n) is 12.0. The first-order chi connectivity index (χ1) is 20.5. The van der Waals surface area contributed by atoms with Gasteiger partial charge in [0.1, 0.15) is 36.8 Å². The summed E-state index contributed by atoms with van der Waals surface area (Å²) in [6, 6.07) is 10.7. The number of amides is 4. The average molecular weight is 593 g/mol. The van der Waals surface area contributed by atoms with E-state index >= 15 is 0 Å². The zero-order valence-corrected chi connectivity index (χ0v) is 25.8. The number of aryl methyl sites for hydroxylation is 1. The Morgan fingerprint density at radius 1 is 1.09 bits per heavy atom. The van der Waals surface area contributed by atoms with Crippen LogP contribution in [0.25, 0.3) is 0 Å². The van der Waals surface area contributed by atoms with Crippen LogP contribution in [0.1, 0.15) is 74.4 Å². The van der Waals surface area contributed by atoms with E-state index in [0.717, 1.165) is 29.7 Å². The van der Waals surface area contributed by atoms with Crippen LogP contribution >= 0.6 is 0 Å². The highest BCUT2D eigenvalue weighted by Gasteiger charge is 2.37. The third-order valence-electron chi connectivity index (χ3n) is 7.93. The van der Waals surface area contributed by atoms with Crippen molar-refractivity contribution in [2.24, 2.45) is 5.92 Å². The third kappa shape index (κ3) is 8.06. The first-order valence-electron chi connectivity index (χ1n) is 15.2. The molecular weight excluding hydrogens is 548 g/mol. The molecule has 4 amide bonds. The molecule has 1 saturated heterocycles. The van der Waals surface area contributed by atoms with E-state index in [4.69, 9.17) is 9.47 Å². The van der Waals surface area contributed by atoms with Crippen LogP contribution in [-0.4, -0.2) is 73.0 Å². The van der Waals surface area contributed by atoms with E-state index in [1.54, 1.807) is 29.2 Å². The van der Waals surface area contributed by atoms with Gasteiger partial charge < -0.3 is 30.3 Å². The fourth-order valence-electron chi connectivity index (χ4n) is 5.52. The van der Waals surface area contributed by atoms with Gasteiger partial charge in [-0.15, -0.1) is 0 Å². The standard InChI is InChI=1S/C33H44N4O6/c1-20(2)24-13-12-22(5)17-28(24)42-16-14-34-32(40)26-18-29(38)36-30(21(3)4)33(41)37-15-8-9-23(37)19-43-27-11-7-6-10-25(27)31(39)35-26/h6-7,10-13,17,20-21,23,26,30H,8-9,14-16,18-19H2,1-5H3,(H,34,40)(H,35,39)(H,36,38)/t23-,26-,30+/m0/s1. The highest BCUT2D eigenvalue weighted by atomic mass is 16.5. The molecule has 2 aliphatic rings. The summed E-state index contributed by atoms with van der Waals surface area (Å²) in [6.07, 6.45) is 1.26. The van der Waals surface area contributed by atoms with E-state index < -0.39 is 29.8 Å². The summed E-state index contributed by atoms with van der Waals surface area (Å²) in [5.41, 5.74) is 2.39. The zero-order valence-electron chi connectivity index (χ0n) is 25.8. The predicted molar refractivity (Wildman–Crippen MR) is 163 cm³/mol. The minimum Gasteiger partial charge on any atom is -0.491 e. The Morgan fingerprint density at radius 3 is 2.60 bits per heavy atom. The minimum atomic E-state index is -1.18. The van der Waals surface area contributed by atoms with E-state index in [9.17, 15) is 19.2 Å². The van der Waals surface area contributed by atoms with Gasteiger partial charge in [-0.2, -0.15) is 0 Å². The van der Waals surface area contributed by atoms with Gasteiger partial charge in [0.25, 0.3) is 5.91 Å². The number of carbonyl (C=O) groups excluding carboxylic acids is 4. The average Bonchev–Trinajstić information content (AvgIpc) is 3.44. The van der Waals surface area contributed by atoms with Gasteiger partial charge in [-0.25, -0.2) is 0 Å². The Hall–Kier alpha value is -4.08. The number of fused-ring (bicyclic) bond motifs is 2. The lowest BCUT2D eigenvalue weighted by molar-refractivity contribution is -0.139. The fraction of sp³-hybridized carbons (Fsp3) is 0.515. The smallest absolute Gasteiger partial charge is 0.255 e. The molecule has 0 spiro atoms. The summed E-state index contributed by atoms with van der Waals surface area (Å²) in [4.78, 5) is 55.3. The van der Waals surface area contributed by atoms with Crippen molar-refractivity contribution >= 4 is 23.6 Å². The molecule has 232 valence electrons. The maximum Gasteiger partial charge on any atom is 0.255 e. The Bertz CT molecular complexity index is 1330. The Kier molecular flexibility index (Phi) is 10.7. The SMILES string of the molecule is Cc1ccc(C(C)C)c(OCCNC(=O)[C@@H]2CC(=O)N[C@H](C(C)C)C(=O)N3CCC[C@H]3COc3ccccc3C(=O)N2)c1. The lowest BCUT2D eigenvalue weighted by Crippen LogP contribution is -2.55. The van der Waals surface area contributed by atoms with Crippen LogP contribution in [0, 0.1) is 12.8 Å². The van der Waals surface area contributed by atoms with Crippen molar-refractivity contribution in [1.29, 1.82) is 0 Å². The fourth-order valence-corrected chi connectivity index (χ4v) is 5.52. The molecule has 0 aliphatic carbocycles. The number of nitrogens with one attached hydrogen (secondary N) is 3. The van der Waals surface area contributed by atoms with E-state index in [1.807, 2.05) is 39.0 Å². The summed E-state index contributed by atoms with van der Waals surface area (Å²) >= 11 is 0. The summed E-state index contributed by atoms with van der Waals surface area (Å²) < 4.78 is 12.1. The van der Waals surface area contributed by atoms with E-state index in [-0.39, 0.29) is 55.5 Å². The Labute approximate surface area is 253 Å². The van der Waals surface area contributed by atoms with Crippen LogP contribution in [0.2, 0.25) is 0 Å². The van der Waals surface area contributed by atoms with E-state index in [1.165, 1.54) is 0 Å². The van der Waals surface area contributed by atoms with Crippen LogP contribution in [0.5, 0.6) is 11.5 Å². The van der Waals surface area contributed by atoms with Gasteiger partial charge in [0.2, 0.25) is 17.7 Å². The maximum atomic E-state index is 13.6. The Balaban J connectivity index is 1.51. The van der Waals surface area contributed by atoms with Gasteiger partial charge in [0.15, 0.2) is 0 Å². The summed E-state index contributed by atoms with van der Waals surface area (Å²) in [5.74, 6) is -0.515. The normalized spacial score (nSPS) is 21.3. The Morgan fingerprint density at radius 2 is 1.86 bits per heavy atom. The van der Waals surface area contributed by atoms with Crippen molar-refractivity contribution in [2.45, 2.75) is 77.9 Å². The van der Waals surface area contributed by atoms with Crippen LogP contribution in [0.15, 0.2) is 42.5 Å². The largest absolute Gasteiger partial charge is 0.491 e. The van der Waals surface area contributed by atoms with Gasteiger partial charge in [0, 0.05) is 6.54 Å². The van der Waals surface area contributed by atoms with Gasteiger partial charge in [-0.3, -0.25) is 19.2 Å². The number of hydrogen-bond acceptors (Lipinski definition) is 6. The lowest BCUT2D eigenvalue weighted by atomic mass is 10.0. The summed E-state index contributed by atoms with van der Waals surface area (Å²) in [6.45, 7) is 11.1. The molecule has 43 heavy (non-hydrogen) atoms. The molecule has 0 bridgehead atoms. The molecule has 0 radical (unpaired) electrons. The van der Waals surface area contributed by atoms with Crippen molar-refractivity contribution < 1.29 is 28.7 Å². The van der Waals surface area contributed by atoms with Gasteiger partial charge in [-0.05, 0) is 60.9 Å². The molecule has 2 heterocycles. The number of ether oxygens (including phenoxy) is 2. The molecule has 0 unspecified atom stereocenters. The second kappa shape index (κ2) is 14.4. The van der Waals surface area contributed by atoms with Crippen LogP contribution in [0.4, 0.5) is 0 Å². The molecule has 10 nitrogen and oxygen atoms in total. The van der Waals surface area contributed by atoms with Crippen LogP contribution in [0.3, 0.4) is 0 Å². The topological polar surface area (TPSA) is 126 Å². The molecule has 2 aromatic rings. The quantitative estimate of drug-likeness (QED) is 0.424. The van der Waals surface area contributed by atoms with Crippen molar-refractivity contribution in [3.8, 4) is 11.5 Å². The number of para-hydroxylation sites is 1. The van der Waals surface area contributed by atoms with Gasteiger partial charge >= 0.3 is 0 Å². The van der Waals surface area contributed by atoms with E-state index in [0.29, 0.717) is 12.3 Å². The number of carbonyl (C=O) groups is 4. The molecule has 4 rings (SSSR count). The first kappa shape index (κ1) is 31.8. The van der Waals surface area contributed by atoms with Crippen molar-refractivity contribution in [3.63, 3.8) is 0 Å². The predicted octanol–water partition coefficient (Wildman–Crippen LogP) is 3.33. The van der Waals surface area contributed by atoms with Gasteiger partial charge in [0.05, 0.1) is 24.6 Å². The molecule has 2 aliphatic heterocycles. The summed E-state index contributed by atoms with van der Waals surface area (Å²) in [5, 5.41) is 8.35. The molecule has 10 heteroatoms. The monoisotopic (exact) mass is 592 g/mol. The number of nitrogens with zero attached hydrogens (tertiary/aromatic N) is 1. The van der Waals surface area contributed by atoms with Crippen molar-refractivity contribution in [1.82, 2.24) is 20.9 Å². The van der Waals surface area contributed by atoms with Crippen LogP contribution < -0.4 is 25.4 Å². The zero-order chi connectivity index (χ0) is 31.1. The summed E-state index contributed by atoms with van der Waals surface area (Å²) in [7, 11) is 0. The molecule has 3 N–H and O–H groups in total. The molecule has 0 aromatic heterocycles. The molecule has 3 atom stereocenters. The molecule has 0 saturated carbocycles. The molecule has 1 fully saturated rings. The maximum absolute atomic E-state index is 13.6. The molecule has 2 aromatic carbocycles.